The molecule has 0 aromatic heterocycles. The standard InChI is InChI=1S/C22H40N2O14/c1-8-15(29)10(28)5-13(34-8)37-20-19(17(31)12(7-26)36-22(20)33-4-3-23)38-21-14(24-9(2)27)18(32)16(30)11(6-25)35-21/h8,10-22,25-26,28-32H,3-7,23H2,1-2H3,(H,24,27)/t8?,10-,11?,12?,13-,14?,15+,16-,17-,18?,19?,20?,21+,22+/m0/s1. The molecule has 10 N–H and O–H groups in total. The van der Waals surface area contributed by atoms with Crippen LogP contribution < -0.4 is 11.1 Å². The monoisotopic (exact) mass is 556 g/mol. The van der Waals surface area contributed by atoms with Crippen molar-refractivity contribution in [1.29, 1.82) is 0 Å². The molecule has 0 saturated carbocycles. The van der Waals surface area contributed by atoms with Crippen LogP contribution in [0, 0.1) is 0 Å². The normalized spacial score (nSPS) is 46.1. The molecule has 0 aromatic carbocycles. The van der Waals surface area contributed by atoms with E-state index in [2.05, 4.69) is 5.32 Å². The van der Waals surface area contributed by atoms with Crippen LogP contribution in [-0.4, -0.2) is 154 Å². The van der Waals surface area contributed by atoms with Crippen LogP contribution in [0.1, 0.15) is 20.3 Å². The second kappa shape index (κ2) is 14.0. The minimum Gasteiger partial charge on any atom is -0.394 e. The van der Waals surface area contributed by atoms with E-state index < -0.39 is 105 Å². The minimum atomic E-state index is -1.62. The molecule has 0 aliphatic carbocycles. The van der Waals surface area contributed by atoms with Crippen molar-refractivity contribution in [3.05, 3.63) is 0 Å². The molecule has 0 radical (unpaired) electrons. The number of aliphatic hydroxyl groups is 7. The van der Waals surface area contributed by atoms with Crippen LogP contribution in [0.3, 0.4) is 0 Å². The molecule has 14 atom stereocenters. The SMILES string of the molecule is CC(=O)NC1C(O)[C@@H](O)C(CO)O[C@@H]1OC1C(O[C@H]2C[C@H](O)[C@H](O)C(C)O2)[C@H](OCCN)OC(CO)[C@@H]1O. The van der Waals surface area contributed by atoms with Crippen molar-refractivity contribution >= 4 is 5.91 Å². The lowest BCUT2D eigenvalue weighted by molar-refractivity contribution is -0.375. The largest absolute Gasteiger partial charge is 0.394 e. The molecule has 1 amide bonds. The van der Waals surface area contributed by atoms with E-state index in [4.69, 9.17) is 34.2 Å². The van der Waals surface area contributed by atoms with Gasteiger partial charge in [0.25, 0.3) is 0 Å². The second-order valence-corrected chi connectivity index (χ2v) is 9.57. The number of hydrogen-bond donors (Lipinski definition) is 9. The van der Waals surface area contributed by atoms with Gasteiger partial charge in [-0.3, -0.25) is 4.79 Å². The topological polar surface area (TPSA) is 252 Å². The molecule has 3 aliphatic rings. The molecule has 0 spiro atoms. The maximum absolute atomic E-state index is 11.8. The van der Waals surface area contributed by atoms with Gasteiger partial charge < -0.3 is 75.2 Å². The summed E-state index contributed by atoms with van der Waals surface area (Å²) in [6.07, 6.45) is -17.2. The van der Waals surface area contributed by atoms with E-state index in [1.807, 2.05) is 0 Å². The molecule has 3 rings (SSSR count). The molecular weight excluding hydrogens is 516 g/mol. The van der Waals surface area contributed by atoms with Gasteiger partial charge in [0.2, 0.25) is 5.91 Å². The maximum Gasteiger partial charge on any atom is 0.217 e. The molecular formula is C22H40N2O14. The highest BCUT2D eigenvalue weighted by Gasteiger charge is 2.53. The number of carbonyl (C=O) groups excluding carboxylic acids is 1. The maximum atomic E-state index is 11.8. The summed E-state index contributed by atoms with van der Waals surface area (Å²) in [7, 11) is 0. The Kier molecular flexibility index (Phi) is 11.6. The molecule has 3 heterocycles. The number of nitrogens with one attached hydrogen (secondary N) is 1. The van der Waals surface area contributed by atoms with Gasteiger partial charge in [0.1, 0.15) is 54.9 Å². The van der Waals surface area contributed by atoms with Crippen LogP contribution in [0.4, 0.5) is 0 Å². The number of amides is 1. The fourth-order valence-corrected chi connectivity index (χ4v) is 4.69. The zero-order chi connectivity index (χ0) is 28.1. The predicted octanol–water partition coefficient (Wildman–Crippen LogP) is -5.39. The van der Waals surface area contributed by atoms with Gasteiger partial charge in [-0.2, -0.15) is 0 Å². The number of hydrogen-bond acceptors (Lipinski definition) is 15. The third-order valence-electron chi connectivity index (χ3n) is 6.72. The van der Waals surface area contributed by atoms with E-state index in [9.17, 15) is 40.5 Å². The predicted molar refractivity (Wildman–Crippen MR) is 123 cm³/mol. The van der Waals surface area contributed by atoms with Crippen LogP contribution >= 0.6 is 0 Å². The van der Waals surface area contributed by atoms with E-state index in [0.29, 0.717) is 0 Å². The molecule has 7 unspecified atom stereocenters. The highest BCUT2D eigenvalue weighted by molar-refractivity contribution is 5.73. The number of ether oxygens (including phenoxy) is 6. The minimum absolute atomic E-state index is 0.0132. The van der Waals surface area contributed by atoms with Gasteiger partial charge >= 0.3 is 0 Å². The number of carbonyl (C=O) groups is 1. The Morgan fingerprint density at radius 2 is 1.53 bits per heavy atom. The Morgan fingerprint density at radius 1 is 0.895 bits per heavy atom. The number of nitrogens with two attached hydrogens (primary N) is 1. The molecule has 222 valence electrons. The summed E-state index contributed by atoms with van der Waals surface area (Å²) < 4.78 is 34.6. The lowest BCUT2D eigenvalue weighted by Crippen LogP contribution is -2.68. The summed E-state index contributed by atoms with van der Waals surface area (Å²) >= 11 is 0. The first-order valence-corrected chi connectivity index (χ1v) is 12.5. The molecule has 0 bridgehead atoms. The molecule has 16 heteroatoms. The summed E-state index contributed by atoms with van der Waals surface area (Å²) in [5, 5.41) is 74.1. The first kappa shape index (κ1) is 31.4. The molecule has 3 aliphatic heterocycles. The molecule has 3 saturated heterocycles. The van der Waals surface area contributed by atoms with Gasteiger partial charge in [0, 0.05) is 19.9 Å². The summed E-state index contributed by atoms with van der Waals surface area (Å²) in [6.45, 7) is 1.42. The zero-order valence-corrected chi connectivity index (χ0v) is 21.2. The quantitative estimate of drug-likeness (QED) is 0.122. The lowest BCUT2D eigenvalue weighted by Gasteiger charge is -2.49. The Labute approximate surface area is 219 Å². The molecule has 3 fully saturated rings. The van der Waals surface area contributed by atoms with Gasteiger partial charge in [0.05, 0.1) is 32.0 Å². The third-order valence-corrected chi connectivity index (χ3v) is 6.72. The smallest absolute Gasteiger partial charge is 0.217 e. The Hall–Kier alpha value is -1.09. The van der Waals surface area contributed by atoms with Crippen LogP contribution in [0.5, 0.6) is 0 Å². The fourth-order valence-electron chi connectivity index (χ4n) is 4.69. The van der Waals surface area contributed by atoms with Gasteiger partial charge in [-0.05, 0) is 6.92 Å². The van der Waals surface area contributed by atoms with Crippen molar-refractivity contribution in [3.63, 3.8) is 0 Å². The van der Waals surface area contributed by atoms with Crippen molar-refractivity contribution < 1.29 is 69.0 Å². The van der Waals surface area contributed by atoms with Gasteiger partial charge in [-0.25, -0.2) is 0 Å². The highest BCUT2D eigenvalue weighted by atomic mass is 16.8. The third kappa shape index (κ3) is 7.15. The highest BCUT2D eigenvalue weighted by Crippen LogP contribution is 2.33. The Morgan fingerprint density at radius 3 is 2.11 bits per heavy atom. The molecule has 38 heavy (non-hydrogen) atoms. The average molecular weight is 557 g/mol. The Balaban J connectivity index is 1.92. The number of aliphatic hydroxyl groups excluding tert-OH is 7. The van der Waals surface area contributed by atoms with E-state index >= 15 is 0 Å². The summed E-state index contributed by atoms with van der Waals surface area (Å²) in [5.41, 5.74) is 5.56. The second-order valence-electron chi connectivity index (χ2n) is 9.57. The van der Waals surface area contributed by atoms with Crippen LogP contribution in [0.15, 0.2) is 0 Å². The van der Waals surface area contributed by atoms with Crippen molar-refractivity contribution in [3.8, 4) is 0 Å². The lowest BCUT2D eigenvalue weighted by atomic mass is 9.95. The van der Waals surface area contributed by atoms with Gasteiger partial charge in [-0.15, -0.1) is 0 Å². The van der Waals surface area contributed by atoms with Crippen molar-refractivity contribution in [1.82, 2.24) is 5.32 Å². The van der Waals surface area contributed by atoms with Crippen LogP contribution in [0.2, 0.25) is 0 Å². The van der Waals surface area contributed by atoms with Crippen molar-refractivity contribution in [2.75, 3.05) is 26.4 Å². The summed E-state index contributed by atoms with van der Waals surface area (Å²) in [6, 6.07) is -1.33. The number of rotatable bonds is 10. The summed E-state index contributed by atoms with van der Waals surface area (Å²) in [4.78, 5) is 11.8. The van der Waals surface area contributed by atoms with E-state index in [-0.39, 0.29) is 19.6 Å². The summed E-state index contributed by atoms with van der Waals surface area (Å²) in [5.74, 6) is -0.587. The van der Waals surface area contributed by atoms with E-state index in [1.54, 1.807) is 0 Å². The van der Waals surface area contributed by atoms with E-state index in [0.717, 1.165) is 0 Å². The van der Waals surface area contributed by atoms with Gasteiger partial charge in [-0.1, -0.05) is 0 Å². The first-order chi connectivity index (χ1) is 18.0. The fraction of sp³-hybridized carbons (Fsp3) is 0.955. The zero-order valence-electron chi connectivity index (χ0n) is 21.2. The van der Waals surface area contributed by atoms with Crippen molar-refractivity contribution in [2.24, 2.45) is 5.73 Å². The van der Waals surface area contributed by atoms with Crippen LogP contribution in [0.25, 0.3) is 0 Å². The van der Waals surface area contributed by atoms with Crippen molar-refractivity contribution in [2.45, 2.75) is 106 Å². The molecule has 0 aromatic rings. The molecule has 16 nitrogen and oxygen atoms in total. The average Bonchev–Trinajstić information content (AvgIpc) is 2.87. The Bertz CT molecular complexity index is 739. The van der Waals surface area contributed by atoms with Crippen LogP contribution in [-0.2, 0) is 33.2 Å². The van der Waals surface area contributed by atoms with E-state index in [1.165, 1.54) is 13.8 Å². The van der Waals surface area contributed by atoms with Gasteiger partial charge in [0.15, 0.2) is 18.9 Å². The first-order valence-electron chi connectivity index (χ1n) is 12.5.